The van der Waals surface area contributed by atoms with Crippen molar-refractivity contribution in [3.8, 4) is 11.8 Å². The predicted octanol–water partition coefficient (Wildman–Crippen LogP) is 1.76. The van der Waals surface area contributed by atoms with Crippen LogP contribution in [0.4, 0.5) is 11.8 Å². The largest absolute Gasteiger partial charge is 0.368 e. The number of nitrogens with two attached hydrogens (primary N) is 1. The van der Waals surface area contributed by atoms with Crippen molar-refractivity contribution in [1.29, 1.82) is 0 Å². The van der Waals surface area contributed by atoms with Gasteiger partial charge in [-0.15, -0.1) is 0 Å². The first-order chi connectivity index (χ1) is 10.2. The molecule has 0 aromatic carbocycles. The average Bonchev–Trinajstić information content (AvgIpc) is 3.01. The van der Waals surface area contributed by atoms with Crippen molar-refractivity contribution in [3.05, 3.63) is 41.3 Å². The van der Waals surface area contributed by atoms with Crippen LogP contribution in [0.25, 0.3) is 0 Å². The van der Waals surface area contributed by atoms with Gasteiger partial charge < -0.3 is 10.6 Å². The van der Waals surface area contributed by atoms with Gasteiger partial charge in [0.2, 0.25) is 5.95 Å². The van der Waals surface area contributed by atoms with E-state index < -0.39 is 0 Å². The highest BCUT2D eigenvalue weighted by Crippen LogP contribution is 2.24. The van der Waals surface area contributed by atoms with Crippen LogP contribution >= 0.6 is 0 Å². The molecule has 2 N–H and O–H groups in total. The Hall–Kier alpha value is -2.61. The molecule has 0 bridgehead atoms. The van der Waals surface area contributed by atoms with E-state index in [0.29, 0.717) is 5.95 Å². The molecular weight excluding hydrogens is 262 g/mol. The fourth-order valence-corrected chi connectivity index (χ4v) is 2.45. The number of rotatable bonds is 1. The highest BCUT2D eigenvalue weighted by atomic mass is 15.2. The zero-order valence-electron chi connectivity index (χ0n) is 12.0. The lowest BCUT2D eigenvalue weighted by Crippen LogP contribution is -2.21. The molecule has 1 saturated heterocycles. The van der Waals surface area contributed by atoms with Gasteiger partial charge in [-0.3, -0.25) is 4.98 Å². The molecule has 0 atom stereocenters. The Morgan fingerprint density at radius 2 is 2.00 bits per heavy atom. The second kappa shape index (κ2) is 5.80. The van der Waals surface area contributed by atoms with Crippen LogP contribution in [0.1, 0.15) is 29.7 Å². The molecule has 5 nitrogen and oxygen atoms in total. The summed E-state index contributed by atoms with van der Waals surface area (Å²) in [4.78, 5) is 14.9. The van der Waals surface area contributed by atoms with E-state index in [-0.39, 0.29) is 0 Å². The normalized spacial score (nSPS) is 13.9. The van der Waals surface area contributed by atoms with Crippen molar-refractivity contribution in [3.63, 3.8) is 0 Å². The third kappa shape index (κ3) is 2.95. The van der Waals surface area contributed by atoms with Crippen LogP contribution in [0.15, 0.2) is 24.5 Å². The van der Waals surface area contributed by atoms with Crippen LogP contribution in [-0.4, -0.2) is 28.0 Å². The second-order valence-corrected chi connectivity index (χ2v) is 5.05. The fraction of sp³-hybridized carbons (Fsp3) is 0.312. The van der Waals surface area contributed by atoms with Crippen molar-refractivity contribution in [2.24, 2.45) is 0 Å². The number of aryl methyl sites for hydroxylation is 1. The summed E-state index contributed by atoms with van der Waals surface area (Å²) in [5.74, 6) is 7.48. The average molecular weight is 279 g/mol. The van der Waals surface area contributed by atoms with E-state index in [2.05, 4.69) is 31.7 Å². The lowest BCUT2D eigenvalue weighted by molar-refractivity contribution is 0.920. The summed E-state index contributed by atoms with van der Waals surface area (Å²) in [7, 11) is 0. The Kier molecular flexibility index (Phi) is 3.69. The molecule has 3 heterocycles. The van der Waals surface area contributed by atoms with Gasteiger partial charge in [0.05, 0.1) is 11.3 Å². The molecule has 2 aromatic heterocycles. The van der Waals surface area contributed by atoms with Crippen LogP contribution < -0.4 is 10.6 Å². The summed E-state index contributed by atoms with van der Waals surface area (Å²) in [6.45, 7) is 3.92. The van der Waals surface area contributed by atoms with Crippen molar-refractivity contribution in [1.82, 2.24) is 15.0 Å². The Morgan fingerprint density at radius 1 is 1.19 bits per heavy atom. The molecule has 5 heteroatoms. The first kappa shape index (κ1) is 13.4. The van der Waals surface area contributed by atoms with Crippen molar-refractivity contribution in [2.45, 2.75) is 19.8 Å². The number of pyridine rings is 1. The first-order valence-electron chi connectivity index (χ1n) is 7.05. The van der Waals surface area contributed by atoms with E-state index in [0.717, 1.165) is 35.7 Å². The zero-order chi connectivity index (χ0) is 14.7. The topological polar surface area (TPSA) is 67.9 Å². The lowest BCUT2D eigenvalue weighted by atomic mass is 10.2. The van der Waals surface area contributed by atoms with Crippen LogP contribution in [0.2, 0.25) is 0 Å². The SMILES string of the molecule is Cc1nc(N)nc(N2CCCC2)c1C#Cc1cccnc1. The molecule has 0 unspecified atom stereocenters. The maximum atomic E-state index is 5.80. The molecule has 1 aliphatic heterocycles. The van der Waals surface area contributed by atoms with E-state index in [1.54, 1.807) is 12.4 Å². The van der Waals surface area contributed by atoms with Gasteiger partial charge in [0.1, 0.15) is 5.82 Å². The molecule has 21 heavy (non-hydrogen) atoms. The minimum Gasteiger partial charge on any atom is -0.368 e. The molecule has 1 aliphatic rings. The monoisotopic (exact) mass is 279 g/mol. The van der Waals surface area contributed by atoms with Gasteiger partial charge in [-0.2, -0.15) is 4.98 Å². The summed E-state index contributed by atoms with van der Waals surface area (Å²) in [6, 6.07) is 3.81. The van der Waals surface area contributed by atoms with E-state index in [1.165, 1.54) is 12.8 Å². The number of anilines is 2. The maximum absolute atomic E-state index is 5.80. The van der Waals surface area contributed by atoms with Crippen LogP contribution in [0.5, 0.6) is 0 Å². The molecule has 0 spiro atoms. The second-order valence-electron chi connectivity index (χ2n) is 5.05. The zero-order valence-corrected chi connectivity index (χ0v) is 12.0. The maximum Gasteiger partial charge on any atom is 0.222 e. The molecule has 0 saturated carbocycles. The van der Waals surface area contributed by atoms with Crippen LogP contribution in [-0.2, 0) is 0 Å². The van der Waals surface area contributed by atoms with Crippen LogP contribution in [0, 0.1) is 18.8 Å². The number of hydrogen-bond donors (Lipinski definition) is 1. The van der Waals surface area contributed by atoms with Crippen molar-refractivity contribution < 1.29 is 0 Å². The van der Waals surface area contributed by atoms with Gasteiger partial charge in [0.15, 0.2) is 0 Å². The van der Waals surface area contributed by atoms with Crippen molar-refractivity contribution in [2.75, 3.05) is 23.7 Å². The molecule has 106 valence electrons. The van der Waals surface area contributed by atoms with Crippen LogP contribution in [0.3, 0.4) is 0 Å². The van der Waals surface area contributed by atoms with E-state index in [4.69, 9.17) is 5.73 Å². The van der Waals surface area contributed by atoms with E-state index >= 15 is 0 Å². The van der Waals surface area contributed by atoms with Gasteiger partial charge in [-0.25, -0.2) is 4.98 Å². The van der Waals surface area contributed by atoms with Gasteiger partial charge >= 0.3 is 0 Å². The Balaban J connectivity index is 2.03. The quantitative estimate of drug-likeness (QED) is 0.806. The molecule has 0 aliphatic carbocycles. The van der Waals surface area contributed by atoms with E-state index in [9.17, 15) is 0 Å². The summed E-state index contributed by atoms with van der Waals surface area (Å²) in [5.41, 5.74) is 8.35. The highest BCUT2D eigenvalue weighted by molar-refractivity contribution is 5.61. The summed E-state index contributed by atoms with van der Waals surface area (Å²) < 4.78 is 0. The summed E-state index contributed by atoms with van der Waals surface area (Å²) in [5, 5.41) is 0. The third-order valence-corrected chi connectivity index (χ3v) is 3.49. The van der Waals surface area contributed by atoms with Crippen molar-refractivity contribution >= 4 is 11.8 Å². The molecule has 0 amide bonds. The number of nitrogen functional groups attached to an aromatic ring is 1. The molecule has 3 rings (SSSR count). The first-order valence-corrected chi connectivity index (χ1v) is 7.05. The van der Waals surface area contributed by atoms with Gasteiger partial charge in [-0.1, -0.05) is 11.8 Å². The smallest absolute Gasteiger partial charge is 0.222 e. The number of aromatic nitrogens is 3. The summed E-state index contributed by atoms with van der Waals surface area (Å²) >= 11 is 0. The Morgan fingerprint density at radius 3 is 2.71 bits per heavy atom. The summed E-state index contributed by atoms with van der Waals surface area (Å²) in [6.07, 6.45) is 5.84. The lowest BCUT2D eigenvalue weighted by Gasteiger charge is -2.19. The third-order valence-electron chi connectivity index (χ3n) is 3.49. The Labute approximate surface area is 124 Å². The standard InChI is InChI=1S/C16H17N5/c1-12-14(7-6-13-5-4-8-18-11-13)15(20-16(17)19-12)21-9-2-3-10-21/h4-5,8,11H,2-3,9-10H2,1H3,(H2,17,19,20). The van der Waals surface area contributed by atoms with Gasteiger partial charge in [-0.05, 0) is 31.9 Å². The minimum absolute atomic E-state index is 0.307. The molecule has 0 radical (unpaired) electrons. The molecule has 2 aromatic rings. The van der Waals surface area contributed by atoms with Gasteiger partial charge in [0.25, 0.3) is 0 Å². The number of hydrogen-bond acceptors (Lipinski definition) is 5. The highest BCUT2D eigenvalue weighted by Gasteiger charge is 2.19. The fourth-order valence-electron chi connectivity index (χ4n) is 2.45. The minimum atomic E-state index is 0.307. The Bertz CT molecular complexity index is 694. The molecular formula is C16H17N5. The molecule has 1 fully saturated rings. The van der Waals surface area contributed by atoms with E-state index in [1.807, 2.05) is 19.1 Å². The van der Waals surface area contributed by atoms with Gasteiger partial charge in [0, 0.05) is 31.0 Å². The predicted molar refractivity (Wildman–Crippen MR) is 82.8 cm³/mol. The number of nitrogens with zero attached hydrogens (tertiary/aromatic N) is 4.